The molecule has 25 heavy (non-hydrogen) atoms. The van der Waals surface area contributed by atoms with Crippen LogP contribution < -0.4 is 15.8 Å². The van der Waals surface area contributed by atoms with E-state index in [0.717, 1.165) is 24.2 Å². The first kappa shape index (κ1) is 19.3. The number of nitrogens with two attached hydrogens (primary N) is 1. The van der Waals surface area contributed by atoms with Crippen LogP contribution in [0.15, 0.2) is 54.6 Å². The summed E-state index contributed by atoms with van der Waals surface area (Å²) in [7, 11) is 0. The van der Waals surface area contributed by atoms with Crippen LogP contribution in [0.4, 0.5) is 0 Å². The van der Waals surface area contributed by atoms with Gasteiger partial charge >= 0.3 is 0 Å². The molecule has 1 fully saturated rings. The van der Waals surface area contributed by atoms with Crippen molar-refractivity contribution in [3.8, 4) is 5.75 Å². The first-order chi connectivity index (χ1) is 11.8. The minimum Gasteiger partial charge on any atom is -0.489 e. The van der Waals surface area contributed by atoms with Crippen LogP contribution in [0.3, 0.4) is 0 Å². The third-order valence-electron chi connectivity index (χ3n) is 4.36. The molecule has 2 aromatic carbocycles. The van der Waals surface area contributed by atoms with E-state index >= 15 is 0 Å². The Hall–Kier alpha value is -2.04. The van der Waals surface area contributed by atoms with Gasteiger partial charge in [0.1, 0.15) is 12.4 Å². The first-order valence-corrected chi connectivity index (χ1v) is 8.52. The fourth-order valence-corrected chi connectivity index (χ4v) is 2.85. The fourth-order valence-electron chi connectivity index (χ4n) is 2.85. The molecular weight excluding hydrogens is 336 g/mol. The highest BCUT2D eigenvalue weighted by Gasteiger charge is 2.43. The summed E-state index contributed by atoms with van der Waals surface area (Å²) in [5, 5.41) is 2.95. The maximum Gasteiger partial charge on any atom is 0.223 e. The van der Waals surface area contributed by atoms with E-state index in [-0.39, 0.29) is 24.2 Å². The number of carbonyl (C=O) groups excluding carboxylic acids is 1. The van der Waals surface area contributed by atoms with Crippen molar-refractivity contribution < 1.29 is 9.53 Å². The van der Waals surface area contributed by atoms with Gasteiger partial charge in [0.25, 0.3) is 0 Å². The summed E-state index contributed by atoms with van der Waals surface area (Å²) in [6, 6.07) is 18.2. The highest BCUT2D eigenvalue weighted by atomic mass is 35.5. The van der Waals surface area contributed by atoms with Gasteiger partial charge in [-0.3, -0.25) is 4.79 Å². The predicted octanol–water partition coefficient (Wildman–Crippen LogP) is 3.26. The number of ether oxygens (including phenoxy) is 1. The Morgan fingerprint density at radius 3 is 2.52 bits per heavy atom. The lowest BCUT2D eigenvalue weighted by molar-refractivity contribution is -0.122. The summed E-state index contributed by atoms with van der Waals surface area (Å²) >= 11 is 0. The zero-order chi connectivity index (χ0) is 16.8. The number of benzene rings is 2. The van der Waals surface area contributed by atoms with Gasteiger partial charge < -0.3 is 15.8 Å². The molecule has 1 aliphatic carbocycles. The van der Waals surface area contributed by atoms with Crippen LogP contribution in [0.25, 0.3) is 0 Å². The molecule has 2 atom stereocenters. The van der Waals surface area contributed by atoms with Crippen LogP contribution in [0.5, 0.6) is 5.75 Å². The Morgan fingerprint density at radius 1 is 1.12 bits per heavy atom. The Morgan fingerprint density at radius 2 is 1.84 bits per heavy atom. The molecule has 0 radical (unpaired) electrons. The SMILES string of the molecule is Cl.NCCCNC(=O)C1CC1c1ccc(OCc2ccccc2)cc1. The van der Waals surface area contributed by atoms with Crippen molar-refractivity contribution in [3.05, 3.63) is 65.7 Å². The topological polar surface area (TPSA) is 64.3 Å². The van der Waals surface area contributed by atoms with Crippen molar-refractivity contribution in [2.45, 2.75) is 25.4 Å². The van der Waals surface area contributed by atoms with Crippen LogP contribution >= 0.6 is 12.4 Å². The van der Waals surface area contributed by atoms with E-state index in [0.29, 0.717) is 25.6 Å². The molecule has 5 heteroatoms. The molecule has 1 aliphatic rings. The molecule has 0 heterocycles. The highest BCUT2D eigenvalue weighted by molar-refractivity contribution is 5.85. The molecule has 0 bridgehead atoms. The van der Waals surface area contributed by atoms with Gasteiger partial charge in [0.15, 0.2) is 0 Å². The fraction of sp³-hybridized carbons (Fsp3) is 0.350. The summed E-state index contributed by atoms with van der Waals surface area (Å²) in [5.74, 6) is 1.45. The maximum atomic E-state index is 12.0. The number of hydrogen-bond donors (Lipinski definition) is 2. The monoisotopic (exact) mass is 360 g/mol. The lowest BCUT2D eigenvalue weighted by Crippen LogP contribution is -2.27. The van der Waals surface area contributed by atoms with Crippen molar-refractivity contribution in [1.82, 2.24) is 5.32 Å². The summed E-state index contributed by atoms with van der Waals surface area (Å²) in [6.45, 7) is 1.85. The predicted molar refractivity (Wildman–Crippen MR) is 102 cm³/mol. The van der Waals surface area contributed by atoms with E-state index in [9.17, 15) is 4.79 Å². The normalized spacial score (nSPS) is 18.1. The average molecular weight is 361 g/mol. The number of carbonyl (C=O) groups is 1. The molecule has 0 spiro atoms. The number of hydrogen-bond acceptors (Lipinski definition) is 3. The second kappa shape index (κ2) is 9.44. The largest absolute Gasteiger partial charge is 0.489 e. The molecular formula is C20H25ClN2O2. The number of amides is 1. The van der Waals surface area contributed by atoms with Gasteiger partial charge in [0, 0.05) is 12.5 Å². The molecule has 3 rings (SSSR count). The number of nitrogens with one attached hydrogen (secondary N) is 1. The smallest absolute Gasteiger partial charge is 0.223 e. The van der Waals surface area contributed by atoms with Crippen LogP contribution in [-0.2, 0) is 11.4 Å². The average Bonchev–Trinajstić information content (AvgIpc) is 3.42. The van der Waals surface area contributed by atoms with Gasteiger partial charge in [-0.2, -0.15) is 0 Å². The van der Waals surface area contributed by atoms with E-state index in [1.165, 1.54) is 5.56 Å². The Bertz CT molecular complexity index is 661. The highest BCUT2D eigenvalue weighted by Crippen LogP contribution is 2.47. The van der Waals surface area contributed by atoms with Crippen molar-refractivity contribution in [2.24, 2.45) is 11.7 Å². The van der Waals surface area contributed by atoms with Gasteiger partial charge in [-0.15, -0.1) is 12.4 Å². The van der Waals surface area contributed by atoms with Gasteiger partial charge in [0.2, 0.25) is 5.91 Å². The number of rotatable bonds is 8. The van der Waals surface area contributed by atoms with Crippen LogP contribution in [-0.4, -0.2) is 19.0 Å². The molecule has 0 aliphatic heterocycles. The van der Waals surface area contributed by atoms with Gasteiger partial charge in [-0.25, -0.2) is 0 Å². The van der Waals surface area contributed by atoms with Crippen molar-refractivity contribution >= 4 is 18.3 Å². The molecule has 2 aromatic rings. The molecule has 2 unspecified atom stereocenters. The molecule has 0 aromatic heterocycles. The second-order valence-electron chi connectivity index (χ2n) is 6.23. The van der Waals surface area contributed by atoms with Crippen molar-refractivity contribution in [1.29, 1.82) is 0 Å². The molecule has 0 saturated heterocycles. The third-order valence-corrected chi connectivity index (χ3v) is 4.36. The summed E-state index contributed by atoms with van der Waals surface area (Å²) in [6.07, 6.45) is 1.76. The molecule has 1 amide bonds. The van der Waals surface area contributed by atoms with Gasteiger partial charge in [-0.05, 0) is 48.6 Å². The Labute approximate surface area is 155 Å². The Balaban J connectivity index is 0.00000225. The van der Waals surface area contributed by atoms with Crippen molar-refractivity contribution in [2.75, 3.05) is 13.1 Å². The minimum absolute atomic E-state index is 0. The molecule has 4 nitrogen and oxygen atoms in total. The molecule has 134 valence electrons. The lowest BCUT2D eigenvalue weighted by atomic mass is 10.1. The van der Waals surface area contributed by atoms with Crippen LogP contribution in [0.1, 0.15) is 29.9 Å². The Kier molecular flexibility index (Phi) is 7.29. The molecule has 1 saturated carbocycles. The standard InChI is InChI=1S/C20H24N2O2.ClH/c21-11-4-12-22-20(23)19-13-18(19)16-7-9-17(10-8-16)24-14-15-5-2-1-3-6-15;/h1-3,5-10,18-19H,4,11-14,21H2,(H,22,23);1H. The van der Waals surface area contributed by atoms with Gasteiger partial charge in [0.05, 0.1) is 0 Å². The second-order valence-corrected chi connectivity index (χ2v) is 6.23. The summed E-state index contributed by atoms with van der Waals surface area (Å²) in [4.78, 5) is 12.0. The van der Waals surface area contributed by atoms with E-state index in [1.54, 1.807) is 0 Å². The van der Waals surface area contributed by atoms with Gasteiger partial charge in [-0.1, -0.05) is 42.5 Å². The lowest BCUT2D eigenvalue weighted by Gasteiger charge is -2.08. The maximum absolute atomic E-state index is 12.0. The van der Waals surface area contributed by atoms with E-state index in [2.05, 4.69) is 17.4 Å². The van der Waals surface area contributed by atoms with Crippen LogP contribution in [0.2, 0.25) is 0 Å². The first-order valence-electron chi connectivity index (χ1n) is 8.52. The summed E-state index contributed by atoms with van der Waals surface area (Å²) in [5.41, 5.74) is 7.80. The third kappa shape index (κ3) is 5.48. The molecule has 3 N–H and O–H groups in total. The zero-order valence-corrected chi connectivity index (χ0v) is 15.0. The number of halogens is 1. The van der Waals surface area contributed by atoms with E-state index in [4.69, 9.17) is 10.5 Å². The quantitative estimate of drug-likeness (QED) is 0.710. The summed E-state index contributed by atoms with van der Waals surface area (Å²) < 4.78 is 5.80. The zero-order valence-electron chi connectivity index (χ0n) is 14.2. The van der Waals surface area contributed by atoms with Crippen LogP contribution in [0, 0.1) is 5.92 Å². The van der Waals surface area contributed by atoms with E-state index < -0.39 is 0 Å². The van der Waals surface area contributed by atoms with Crippen molar-refractivity contribution in [3.63, 3.8) is 0 Å². The van der Waals surface area contributed by atoms with E-state index in [1.807, 2.05) is 42.5 Å². The minimum atomic E-state index is 0.